The maximum Gasteiger partial charge on any atom is 0.319 e. The van der Waals surface area contributed by atoms with Gasteiger partial charge in [-0.25, -0.2) is 9.78 Å². The van der Waals surface area contributed by atoms with E-state index in [9.17, 15) is 19.2 Å². The summed E-state index contributed by atoms with van der Waals surface area (Å²) >= 11 is 1.43. The average molecular weight is 538 g/mol. The summed E-state index contributed by atoms with van der Waals surface area (Å²) in [7, 11) is 1.52. The van der Waals surface area contributed by atoms with Gasteiger partial charge in [-0.05, 0) is 30.0 Å². The number of anilines is 1. The molecule has 5 N–H and O–H groups in total. The van der Waals surface area contributed by atoms with Crippen LogP contribution in [-0.4, -0.2) is 70.4 Å². The quantitative estimate of drug-likeness (QED) is 0.317. The normalized spacial score (nSPS) is 17.3. The van der Waals surface area contributed by atoms with Gasteiger partial charge >= 0.3 is 6.03 Å². The molecule has 1 saturated heterocycles. The molecule has 0 saturated carbocycles. The zero-order chi connectivity index (χ0) is 27.1. The lowest BCUT2D eigenvalue weighted by Gasteiger charge is -2.29. The number of hydrogen-bond donors (Lipinski definition) is 4. The van der Waals surface area contributed by atoms with Crippen LogP contribution in [0, 0.1) is 0 Å². The molecule has 2 aromatic heterocycles. The lowest BCUT2D eigenvalue weighted by atomic mass is 10.1. The minimum atomic E-state index is -1.12. The number of nitrogens with zero attached hydrogens (tertiary/aromatic N) is 3. The van der Waals surface area contributed by atoms with Crippen molar-refractivity contribution in [3.8, 4) is 5.75 Å². The van der Waals surface area contributed by atoms with Crippen LogP contribution >= 0.6 is 11.3 Å². The Morgan fingerprint density at radius 3 is 2.74 bits per heavy atom. The monoisotopic (exact) mass is 537 g/mol. The Bertz CT molecular complexity index is 1290. The zero-order valence-corrected chi connectivity index (χ0v) is 21.3. The van der Waals surface area contributed by atoms with E-state index in [-0.39, 0.29) is 18.7 Å². The highest BCUT2D eigenvalue weighted by Crippen LogP contribution is 2.22. The number of primary amides is 1. The van der Waals surface area contributed by atoms with Crippen LogP contribution in [0.5, 0.6) is 5.75 Å². The number of carbonyl (C=O) groups is 4. The molecule has 4 rings (SSSR count). The Balaban J connectivity index is 1.53. The first-order chi connectivity index (χ1) is 18.4. The molecule has 3 unspecified atom stereocenters. The van der Waals surface area contributed by atoms with Gasteiger partial charge in [0.05, 0.1) is 19.3 Å². The maximum atomic E-state index is 13.5. The van der Waals surface area contributed by atoms with Crippen molar-refractivity contribution in [3.63, 3.8) is 0 Å². The van der Waals surface area contributed by atoms with Gasteiger partial charge < -0.3 is 31.3 Å². The molecule has 5 amide bonds. The second-order valence-electron chi connectivity index (χ2n) is 8.51. The Morgan fingerprint density at radius 1 is 1.21 bits per heavy atom. The van der Waals surface area contributed by atoms with Crippen molar-refractivity contribution in [2.75, 3.05) is 19.0 Å². The van der Waals surface area contributed by atoms with Gasteiger partial charge in [0.25, 0.3) is 5.91 Å². The van der Waals surface area contributed by atoms with Crippen molar-refractivity contribution in [1.29, 1.82) is 0 Å². The van der Waals surface area contributed by atoms with E-state index in [0.29, 0.717) is 17.9 Å². The van der Waals surface area contributed by atoms with Crippen LogP contribution in [0.2, 0.25) is 0 Å². The number of carbonyl (C=O) groups excluding carboxylic acids is 4. The van der Waals surface area contributed by atoms with Gasteiger partial charge in [0.2, 0.25) is 11.8 Å². The fourth-order valence-electron chi connectivity index (χ4n) is 4.20. The fourth-order valence-corrected chi connectivity index (χ4v) is 4.95. The Hall–Kier alpha value is -4.52. The van der Waals surface area contributed by atoms with Gasteiger partial charge in [-0.15, -0.1) is 11.3 Å². The molecule has 13 heteroatoms. The van der Waals surface area contributed by atoms with Crippen LogP contribution in [0.15, 0.2) is 60.4 Å². The van der Waals surface area contributed by atoms with E-state index in [1.165, 1.54) is 41.9 Å². The lowest BCUT2D eigenvalue weighted by Crippen LogP contribution is -2.58. The van der Waals surface area contributed by atoms with Crippen molar-refractivity contribution < 1.29 is 23.9 Å². The van der Waals surface area contributed by atoms with Crippen molar-refractivity contribution in [1.82, 2.24) is 25.5 Å². The molecule has 3 heterocycles. The molecule has 12 nitrogen and oxygen atoms in total. The van der Waals surface area contributed by atoms with E-state index in [4.69, 9.17) is 10.5 Å². The molecule has 3 atom stereocenters. The summed E-state index contributed by atoms with van der Waals surface area (Å²) in [6.45, 7) is 0.170. The molecule has 3 aromatic rings. The summed E-state index contributed by atoms with van der Waals surface area (Å²) in [5.41, 5.74) is 6.11. The van der Waals surface area contributed by atoms with E-state index in [2.05, 4.69) is 25.9 Å². The third-order valence-corrected chi connectivity index (χ3v) is 6.90. The molecule has 0 aliphatic carbocycles. The van der Waals surface area contributed by atoms with Gasteiger partial charge in [-0.3, -0.25) is 19.4 Å². The minimum Gasteiger partial charge on any atom is -0.497 e. The van der Waals surface area contributed by atoms with Crippen molar-refractivity contribution in [2.24, 2.45) is 5.73 Å². The largest absolute Gasteiger partial charge is 0.497 e. The first kappa shape index (κ1) is 26.5. The summed E-state index contributed by atoms with van der Waals surface area (Å²) < 4.78 is 5.18. The fraction of sp³-hybridized carbons (Fsp3) is 0.280. The molecule has 1 aliphatic heterocycles. The van der Waals surface area contributed by atoms with E-state index in [1.54, 1.807) is 24.3 Å². The first-order valence-corrected chi connectivity index (χ1v) is 12.6. The predicted molar refractivity (Wildman–Crippen MR) is 140 cm³/mol. The SMILES string of the molecule is COc1cccc(NC(=O)NC2CCN(C(=O)c3cnccn3)C2C(=O)NC(Cc2cccs2)C(N)=O)c1. The van der Waals surface area contributed by atoms with Crippen molar-refractivity contribution in [2.45, 2.75) is 31.0 Å². The van der Waals surface area contributed by atoms with Crippen LogP contribution < -0.4 is 26.4 Å². The molecule has 1 fully saturated rings. The number of aromatic nitrogens is 2. The van der Waals surface area contributed by atoms with Gasteiger partial charge in [0, 0.05) is 42.0 Å². The summed E-state index contributed by atoms with van der Waals surface area (Å²) in [5.74, 6) is -1.29. The minimum absolute atomic E-state index is 0.0526. The molecular formula is C25H27N7O5S. The maximum absolute atomic E-state index is 13.5. The number of likely N-dealkylation sites (tertiary alicyclic amines) is 1. The highest BCUT2D eigenvalue weighted by Gasteiger charge is 2.44. The van der Waals surface area contributed by atoms with Gasteiger partial charge in [0.1, 0.15) is 23.5 Å². The standard InChI is InChI=1S/C25H27N7O5S/c1-37-16-5-2-4-15(12-16)29-25(36)31-18-7-10-32(24(35)20-14-27-8-9-28-20)21(18)23(34)30-19(22(26)33)13-17-6-3-11-38-17/h2-6,8-9,11-12,14,18-19,21H,7,10,13H2,1H3,(H2,26,33)(H,30,34)(H2,29,31,36). The predicted octanol–water partition coefficient (Wildman–Crippen LogP) is 1.16. The Morgan fingerprint density at radius 2 is 2.05 bits per heavy atom. The van der Waals surface area contributed by atoms with Crippen LogP contribution in [-0.2, 0) is 16.0 Å². The van der Waals surface area contributed by atoms with E-state index >= 15 is 0 Å². The topological polar surface area (TPSA) is 169 Å². The van der Waals surface area contributed by atoms with Crippen molar-refractivity contribution in [3.05, 3.63) is 70.9 Å². The summed E-state index contributed by atoms with van der Waals surface area (Å²) in [6.07, 6.45) is 4.61. The van der Waals surface area contributed by atoms with Crippen LogP contribution in [0.3, 0.4) is 0 Å². The smallest absolute Gasteiger partial charge is 0.319 e. The first-order valence-electron chi connectivity index (χ1n) is 11.8. The third kappa shape index (κ3) is 6.42. The number of amides is 5. The van der Waals surface area contributed by atoms with Gasteiger partial charge in [-0.1, -0.05) is 12.1 Å². The number of nitrogens with one attached hydrogen (secondary N) is 3. The molecule has 38 heavy (non-hydrogen) atoms. The molecule has 1 aromatic carbocycles. The van der Waals surface area contributed by atoms with Crippen molar-refractivity contribution >= 4 is 40.8 Å². The van der Waals surface area contributed by atoms with Gasteiger partial charge in [0.15, 0.2) is 0 Å². The number of urea groups is 1. The third-order valence-electron chi connectivity index (χ3n) is 6.00. The number of ether oxygens (including phenoxy) is 1. The molecule has 0 spiro atoms. The number of benzene rings is 1. The number of thiophene rings is 1. The van der Waals surface area contributed by atoms with Crippen LogP contribution in [0.4, 0.5) is 10.5 Å². The highest BCUT2D eigenvalue weighted by molar-refractivity contribution is 7.09. The molecule has 0 radical (unpaired) electrons. The summed E-state index contributed by atoms with van der Waals surface area (Å²) in [5, 5.41) is 10.0. The molecule has 198 valence electrons. The summed E-state index contributed by atoms with van der Waals surface area (Å²) in [6, 6.07) is 7.01. The van der Waals surface area contributed by atoms with Crippen LogP contribution in [0.25, 0.3) is 0 Å². The summed E-state index contributed by atoms with van der Waals surface area (Å²) in [4.78, 5) is 61.9. The average Bonchev–Trinajstić information content (AvgIpc) is 3.58. The lowest BCUT2D eigenvalue weighted by molar-refractivity contribution is -0.130. The molecule has 1 aliphatic rings. The number of nitrogens with two attached hydrogens (primary N) is 1. The Kier molecular flexibility index (Phi) is 8.48. The van der Waals surface area contributed by atoms with E-state index in [1.807, 2.05) is 17.5 Å². The van der Waals surface area contributed by atoms with E-state index < -0.39 is 41.9 Å². The molecule has 0 bridgehead atoms. The number of hydrogen-bond acceptors (Lipinski definition) is 8. The number of methoxy groups -OCH3 is 1. The van der Waals surface area contributed by atoms with Gasteiger partial charge in [-0.2, -0.15) is 0 Å². The second kappa shape index (κ2) is 12.1. The van der Waals surface area contributed by atoms with Crippen LogP contribution in [0.1, 0.15) is 21.8 Å². The second-order valence-corrected chi connectivity index (χ2v) is 9.54. The Labute approximate surface area is 222 Å². The molecular weight excluding hydrogens is 510 g/mol. The van der Waals surface area contributed by atoms with E-state index in [0.717, 1.165) is 4.88 Å². The number of rotatable bonds is 9. The zero-order valence-electron chi connectivity index (χ0n) is 20.5. The highest BCUT2D eigenvalue weighted by atomic mass is 32.1.